The summed E-state index contributed by atoms with van der Waals surface area (Å²) in [6.45, 7) is 0.721. The van der Waals surface area contributed by atoms with E-state index in [1.54, 1.807) is 12.1 Å². The van der Waals surface area contributed by atoms with Crippen LogP contribution < -0.4 is 5.32 Å². The fraction of sp³-hybridized carbons (Fsp3) is 0.500. The number of ether oxygens (including phenoxy) is 1. The molecule has 1 N–H and O–H groups in total. The van der Waals surface area contributed by atoms with Gasteiger partial charge in [-0.1, -0.05) is 18.2 Å². The summed E-state index contributed by atoms with van der Waals surface area (Å²) in [5.74, 6) is -0.878. The summed E-state index contributed by atoms with van der Waals surface area (Å²) < 4.78 is 29.9. The molecule has 0 unspecified atom stereocenters. The van der Waals surface area contributed by atoms with Crippen LogP contribution in [0.1, 0.15) is 28.8 Å². The van der Waals surface area contributed by atoms with Crippen LogP contribution in [0.4, 0.5) is 0 Å². The highest BCUT2D eigenvalue weighted by Crippen LogP contribution is 2.21. The van der Waals surface area contributed by atoms with E-state index in [1.807, 2.05) is 12.1 Å². The van der Waals surface area contributed by atoms with Gasteiger partial charge in [0.1, 0.15) is 0 Å². The number of fused-ring (bicyclic) bond motifs is 1. The number of sulfonamides is 1. The van der Waals surface area contributed by atoms with E-state index in [-0.39, 0.29) is 18.5 Å². The van der Waals surface area contributed by atoms with E-state index in [1.165, 1.54) is 4.31 Å². The average Bonchev–Trinajstić information content (AvgIpc) is 2.54. The number of piperidine rings is 1. The zero-order valence-corrected chi connectivity index (χ0v) is 14.2. The summed E-state index contributed by atoms with van der Waals surface area (Å²) in [6.07, 6.45) is 2.01. The molecular weight excluding hydrogens is 332 g/mol. The van der Waals surface area contributed by atoms with Gasteiger partial charge in [-0.3, -0.25) is 4.79 Å². The molecule has 2 heterocycles. The topological polar surface area (TPSA) is 92.8 Å². The molecule has 2 aliphatic heterocycles. The number of nitrogens with zero attached hydrogens (tertiary/aromatic N) is 1. The second-order valence-corrected chi connectivity index (χ2v) is 8.21. The molecule has 1 aromatic carbocycles. The van der Waals surface area contributed by atoms with Crippen LogP contribution in [0.3, 0.4) is 0 Å². The molecule has 0 bridgehead atoms. The lowest BCUT2D eigenvalue weighted by atomic mass is 9.98. The predicted molar refractivity (Wildman–Crippen MR) is 86.9 cm³/mol. The number of esters is 1. The van der Waals surface area contributed by atoms with Crippen LogP contribution in [0.5, 0.6) is 0 Å². The quantitative estimate of drug-likeness (QED) is 0.790. The molecule has 2 aliphatic rings. The summed E-state index contributed by atoms with van der Waals surface area (Å²) in [6, 6.07) is 6.79. The standard InChI is InChI=1S/C16H20N2O5S/c1-24(21,22)18-8-4-6-12(10-18)17-15(19)14-9-11-5-2-3-7-13(11)16(20)23-14/h2-3,5,7,12,14H,4,6,8-10H2,1H3,(H,17,19)/t12-,14-/m1/s1. The average molecular weight is 352 g/mol. The lowest BCUT2D eigenvalue weighted by Gasteiger charge is -2.32. The smallest absolute Gasteiger partial charge is 0.339 e. The Labute approximate surface area is 141 Å². The number of hydrogen-bond donors (Lipinski definition) is 1. The van der Waals surface area contributed by atoms with Gasteiger partial charge in [0.2, 0.25) is 10.0 Å². The minimum atomic E-state index is -3.27. The Bertz CT molecular complexity index is 761. The summed E-state index contributed by atoms with van der Waals surface area (Å²) in [5, 5.41) is 2.82. The van der Waals surface area contributed by atoms with Gasteiger partial charge >= 0.3 is 5.97 Å². The number of cyclic esters (lactones) is 1. The molecule has 1 fully saturated rings. The lowest BCUT2D eigenvalue weighted by molar-refractivity contribution is -0.131. The third kappa shape index (κ3) is 3.59. The zero-order chi connectivity index (χ0) is 17.3. The van der Waals surface area contributed by atoms with Crippen LogP contribution in [0.2, 0.25) is 0 Å². The highest BCUT2D eigenvalue weighted by molar-refractivity contribution is 7.88. The third-order valence-electron chi connectivity index (χ3n) is 4.38. The number of rotatable bonds is 3. The Hall–Kier alpha value is -1.93. The van der Waals surface area contributed by atoms with Crippen molar-refractivity contribution in [1.82, 2.24) is 9.62 Å². The Balaban J connectivity index is 1.65. The van der Waals surface area contributed by atoms with Crippen LogP contribution in [-0.2, 0) is 26.0 Å². The molecule has 1 amide bonds. The van der Waals surface area contributed by atoms with Crippen LogP contribution in [0.15, 0.2) is 24.3 Å². The van der Waals surface area contributed by atoms with Crippen molar-refractivity contribution < 1.29 is 22.7 Å². The molecule has 7 nitrogen and oxygen atoms in total. The first-order valence-electron chi connectivity index (χ1n) is 7.89. The summed E-state index contributed by atoms with van der Waals surface area (Å²) in [7, 11) is -3.27. The van der Waals surface area contributed by atoms with Crippen molar-refractivity contribution in [2.45, 2.75) is 31.4 Å². The molecule has 0 radical (unpaired) electrons. The van der Waals surface area contributed by atoms with Gasteiger partial charge in [0.05, 0.1) is 11.8 Å². The normalized spacial score (nSPS) is 24.8. The van der Waals surface area contributed by atoms with E-state index in [4.69, 9.17) is 4.74 Å². The first-order chi connectivity index (χ1) is 11.3. The molecule has 0 aromatic heterocycles. The van der Waals surface area contributed by atoms with Gasteiger partial charge in [-0.2, -0.15) is 0 Å². The Morgan fingerprint density at radius 3 is 2.83 bits per heavy atom. The monoisotopic (exact) mass is 352 g/mol. The van der Waals surface area contributed by atoms with Gasteiger partial charge < -0.3 is 10.1 Å². The van der Waals surface area contributed by atoms with E-state index >= 15 is 0 Å². The molecule has 1 aromatic rings. The first-order valence-corrected chi connectivity index (χ1v) is 9.74. The molecular formula is C16H20N2O5S. The number of benzene rings is 1. The molecule has 0 spiro atoms. The van der Waals surface area contributed by atoms with Crippen molar-refractivity contribution in [1.29, 1.82) is 0 Å². The minimum Gasteiger partial charge on any atom is -0.448 e. The van der Waals surface area contributed by atoms with Gasteiger partial charge in [0.15, 0.2) is 6.10 Å². The van der Waals surface area contributed by atoms with E-state index in [0.29, 0.717) is 31.4 Å². The maximum atomic E-state index is 12.4. The van der Waals surface area contributed by atoms with Crippen molar-refractivity contribution in [3.8, 4) is 0 Å². The Morgan fingerprint density at radius 2 is 2.08 bits per heavy atom. The maximum absolute atomic E-state index is 12.4. The maximum Gasteiger partial charge on any atom is 0.339 e. The largest absolute Gasteiger partial charge is 0.448 e. The Morgan fingerprint density at radius 1 is 1.33 bits per heavy atom. The number of hydrogen-bond acceptors (Lipinski definition) is 5. The number of nitrogens with one attached hydrogen (secondary N) is 1. The summed E-state index contributed by atoms with van der Waals surface area (Å²) in [4.78, 5) is 24.4. The van der Waals surface area contributed by atoms with E-state index < -0.39 is 22.1 Å². The van der Waals surface area contributed by atoms with Gasteiger partial charge in [0.25, 0.3) is 5.91 Å². The minimum absolute atomic E-state index is 0.252. The van der Waals surface area contributed by atoms with Gasteiger partial charge in [-0.05, 0) is 24.5 Å². The van der Waals surface area contributed by atoms with Crippen LogP contribution >= 0.6 is 0 Å². The second kappa shape index (κ2) is 6.52. The van der Waals surface area contributed by atoms with Gasteiger partial charge in [-0.15, -0.1) is 0 Å². The molecule has 0 aliphatic carbocycles. The van der Waals surface area contributed by atoms with E-state index in [0.717, 1.165) is 11.8 Å². The van der Waals surface area contributed by atoms with Crippen molar-refractivity contribution in [3.63, 3.8) is 0 Å². The van der Waals surface area contributed by atoms with Crippen molar-refractivity contribution in [2.75, 3.05) is 19.3 Å². The molecule has 0 saturated carbocycles. The molecule has 24 heavy (non-hydrogen) atoms. The predicted octanol–water partition coefficient (Wildman–Crippen LogP) is 0.308. The summed E-state index contributed by atoms with van der Waals surface area (Å²) >= 11 is 0. The number of amides is 1. The van der Waals surface area contributed by atoms with E-state index in [9.17, 15) is 18.0 Å². The van der Waals surface area contributed by atoms with Crippen molar-refractivity contribution in [2.24, 2.45) is 0 Å². The van der Waals surface area contributed by atoms with Crippen molar-refractivity contribution >= 4 is 21.9 Å². The lowest BCUT2D eigenvalue weighted by Crippen LogP contribution is -2.52. The summed E-state index contributed by atoms with van der Waals surface area (Å²) in [5.41, 5.74) is 1.28. The highest BCUT2D eigenvalue weighted by atomic mass is 32.2. The number of carbonyl (C=O) groups is 2. The van der Waals surface area contributed by atoms with Crippen LogP contribution in [-0.4, -0.2) is 56.1 Å². The van der Waals surface area contributed by atoms with E-state index in [2.05, 4.69) is 5.32 Å². The van der Waals surface area contributed by atoms with Gasteiger partial charge in [0, 0.05) is 25.6 Å². The number of carbonyl (C=O) groups excluding carboxylic acids is 2. The highest BCUT2D eigenvalue weighted by Gasteiger charge is 2.33. The van der Waals surface area contributed by atoms with Crippen LogP contribution in [0, 0.1) is 0 Å². The fourth-order valence-electron chi connectivity index (χ4n) is 3.13. The molecule has 130 valence electrons. The van der Waals surface area contributed by atoms with Crippen molar-refractivity contribution in [3.05, 3.63) is 35.4 Å². The first kappa shape index (κ1) is 16.9. The molecule has 1 saturated heterocycles. The zero-order valence-electron chi connectivity index (χ0n) is 13.4. The molecule has 3 rings (SSSR count). The van der Waals surface area contributed by atoms with Gasteiger partial charge in [-0.25, -0.2) is 17.5 Å². The molecule has 2 atom stereocenters. The Kier molecular flexibility index (Phi) is 4.60. The fourth-order valence-corrected chi connectivity index (χ4v) is 4.04. The third-order valence-corrected chi connectivity index (χ3v) is 5.65. The SMILES string of the molecule is CS(=O)(=O)N1CCC[C@@H](NC(=O)[C@H]2Cc3ccccc3C(=O)O2)C1. The second-order valence-electron chi connectivity index (χ2n) is 6.22. The van der Waals surface area contributed by atoms with Crippen LogP contribution in [0.25, 0.3) is 0 Å². The molecule has 8 heteroatoms.